The molecule has 1 aliphatic rings. The van der Waals surface area contributed by atoms with Crippen molar-refractivity contribution in [2.24, 2.45) is 11.8 Å². The van der Waals surface area contributed by atoms with Crippen molar-refractivity contribution in [3.8, 4) is 0 Å². The average molecular weight is 305 g/mol. The number of hydrogen-bond acceptors (Lipinski definition) is 3. The lowest BCUT2D eigenvalue weighted by molar-refractivity contribution is -0.144. The Morgan fingerprint density at radius 1 is 1.18 bits per heavy atom. The number of rotatable bonds is 6. The molecule has 2 rings (SSSR count). The lowest BCUT2D eigenvalue weighted by atomic mass is 9.81. The smallest absolute Gasteiger partial charge is 0.306 e. The summed E-state index contributed by atoms with van der Waals surface area (Å²) < 4.78 is 5.06. The monoisotopic (exact) mass is 305 g/mol. The standard InChI is InChI=1S/C17H23NO4/c1-22-11-13-7-5-12(6-8-13)10-18-16(19)14-3-2-4-15(9-14)17(20)21/h5-8,14-15H,2-4,9-11H2,1H3,(H,18,19)(H,20,21). The van der Waals surface area contributed by atoms with Crippen molar-refractivity contribution in [2.75, 3.05) is 7.11 Å². The van der Waals surface area contributed by atoms with Crippen molar-refractivity contribution in [1.29, 1.82) is 0 Å². The number of hydrogen-bond donors (Lipinski definition) is 2. The predicted octanol–water partition coefficient (Wildman–Crippen LogP) is 2.34. The molecule has 2 N–H and O–H groups in total. The van der Waals surface area contributed by atoms with Gasteiger partial charge in [-0.2, -0.15) is 0 Å². The molecule has 22 heavy (non-hydrogen) atoms. The summed E-state index contributed by atoms with van der Waals surface area (Å²) in [7, 11) is 1.66. The second-order valence-electron chi connectivity index (χ2n) is 5.87. The Balaban J connectivity index is 1.83. The summed E-state index contributed by atoms with van der Waals surface area (Å²) in [6.07, 6.45) is 2.72. The van der Waals surface area contributed by atoms with Gasteiger partial charge in [0.1, 0.15) is 0 Å². The zero-order chi connectivity index (χ0) is 15.9. The number of ether oxygens (including phenoxy) is 1. The maximum Gasteiger partial charge on any atom is 0.306 e. The second-order valence-corrected chi connectivity index (χ2v) is 5.87. The molecule has 5 heteroatoms. The number of carbonyl (C=O) groups excluding carboxylic acids is 1. The Morgan fingerprint density at radius 3 is 2.45 bits per heavy atom. The van der Waals surface area contributed by atoms with E-state index in [4.69, 9.17) is 9.84 Å². The van der Waals surface area contributed by atoms with Crippen LogP contribution in [-0.2, 0) is 27.5 Å². The minimum atomic E-state index is -0.786. The summed E-state index contributed by atoms with van der Waals surface area (Å²) >= 11 is 0. The summed E-state index contributed by atoms with van der Waals surface area (Å²) in [6.45, 7) is 1.05. The third-order valence-electron chi connectivity index (χ3n) is 4.19. The second kappa shape index (κ2) is 7.94. The van der Waals surface area contributed by atoms with Gasteiger partial charge in [0, 0.05) is 19.6 Å². The molecular weight excluding hydrogens is 282 g/mol. The maximum atomic E-state index is 12.2. The first kappa shape index (κ1) is 16.5. The van der Waals surface area contributed by atoms with Crippen molar-refractivity contribution in [1.82, 2.24) is 5.32 Å². The van der Waals surface area contributed by atoms with Crippen LogP contribution >= 0.6 is 0 Å². The first-order valence-electron chi connectivity index (χ1n) is 7.67. The minimum Gasteiger partial charge on any atom is -0.481 e. The molecule has 0 aromatic heterocycles. The molecule has 0 spiro atoms. The van der Waals surface area contributed by atoms with E-state index in [0.29, 0.717) is 26.0 Å². The summed E-state index contributed by atoms with van der Waals surface area (Å²) in [5.74, 6) is -1.38. The van der Waals surface area contributed by atoms with Crippen molar-refractivity contribution < 1.29 is 19.4 Å². The SMILES string of the molecule is COCc1ccc(CNC(=O)C2CCCC(C(=O)O)C2)cc1. The number of amides is 1. The third-order valence-corrected chi connectivity index (χ3v) is 4.19. The van der Waals surface area contributed by atoms with Crippen LogP contribution < -0.4 is 5.32 Å². The van der Waals surface area contributed by atoms with Gasteiger partial charge in [-0.3, -0.25) is 9.59 Å². The highest BCUT2D eigenvalue weighted by molar-refractivity contribution is 5.80. The highest BCUT2D eigenvalue weighted by Crippen LogP contribution is 2.29. The van der Waals surface area contributed by atoms with Gasteiger partial charge in [-0.05, 0) is 30.4 Å². The molecule has 0 saturated heterocycles. The third kappa shape index (κ3) is 4.56. The van der Waals surface area contributed by atoms with Gasteiger partial charge in [0.15, 0.2) is 0 Å². The van der Waals surface area contributed by atoms with Crippen molar-refractivity contribution >= 4 is 11.9 Å². The first-order chi connectivity index (χ1) is 10.6. The molecule has 0 bridgehead atoms. The molecule has 5 nitrogen and oxygen atoms in total. The van der Waals surface area contributed by atoms with Crippen LogP contribution in [0.2, 0.25) is 0 Å². The molecule has 1 aromatic carbocycles. The number of nitrogens with one attached hydrogen (secondary N) is 1. The highest BCUT2D eigenvalue weighted by Gasteiger charge is 2.30. The number of carboxylic acids is 1. The molecule has 1 aliphatic carbocycles. The largest absolute Gasteiger partial charge is 0.481 e. The zero-order valence-corrected chi connectivity index (χ0v) is 12.9. The van der Waals surface area contributed by atoms with Crippen LogP contribution in [0.4, 0.5) is 0 Å². The van der Waals surface area contributed by atoms with E-state index >= 15 is 0 Å². The molecule has 1 fully saturated rings. The Kier molecular flexibility index (Phi) is 5.95. The Bertz CT molecular complexity index is 512. The van der Waals surface area contributed by atoms with Crippen LogP contribution in [0.3, 0.4) is 0 Å². The fourth-order valence-electron chi connectivity index (χ4n) is 2.91. The number of carboxylic acid groups (broad SMARTS) is 1. The van der Waals surface area contributed by atoms with E-state index in [1.54, 1.807) is 7.11 Å². The van der Waals surface area contributed by atoms with Gasteiger partial charge in [0.05, 0.1) is 12.5 Å². The van der Waals surface area contributed by atoms with Gasteiger partial charge in [-0.1, -0.05) is 30.7 Å². The van der Waals surface area contributed by atoms with Gasteiger partial charge >= 0.3 is 5.97 Å². The fraction of sp³-hybridized carbons (Fsp3) is 0.529. The molecule has 0 aliphatic heterocycles. The quantitative estimate of drug-likeness (QED) is 0.846. The summed E-state index contributed by atoms with van der Waals surface area (Å²) in [5.41, 5.74) is 2.12. The summed E-state index contributed by atoms with van der Waals surface area (Å²) in [6, 6.07) is 7.89. The maximum absolute atomic E-state index is 12.2. The Morgan fingerprint density at radius 2 is 1.82 bits per heavy atom. The molecule has 0 radical (unpaired) electrons. The lowest BCUT2D eigenvalue weighted by Crippen LogP contribution is -2.35. The predicted molar refractivity (Wildman–Crippen MR) is 82.1 cm³/mol. The molecule has 120 valence electrons. The van der Waals surface area contributed by atoms with E-state index in [9.17, 15) is 9.59 Å². The number of aliphatic carboxylic acids is 1. The molecule has 1 saturated carbocycles. The zero-order valence-electron chi connectivity index (χ0n) is 12.9. The molecule has 0 heterocycles. The van der Waals surface area contributed by atoms with E-state index in [1.165, 1.54) is 0 Å². The fourth-order valence-corrected chi connectivity index (χ4v) is 2.91. The topological polar surface area (TPSA) is 75.6 Å². The van der Waals surface area contributed by atoms with Crippen molar-refractivity contribution in [2.45, 2.75) is 38.8 Å². The Labute approximate surface area is 130 Å². The van der Waals surface area contributed by atoms with E-state index in [2.05, 4.69) is 5.32 Å². The van der Waals surface area contributed by atoms with Crippen LogP contribution in [-0.4, -0.2) is 24.1 Å². The van der Waals surface area contributed by atoms with Gasteiger partial charge in [-0.25, -0.2) is 0 Å². The van der Waals surface area contributed by atoms with E-state index < -0.39 is 5.97 Å². The molecule has 2 unspecified atom stereocenters. The van der Waals surface area contributed by atoms with E-state index in [-0.39, 0.29) is 17.7 Å². The average Bonchev–Trinajstić information content (AvgIpc) is 2.54. The van der Waals surface area contributed by atoms with Gasteiger partial charge in [0.2, 0.25) is 5.91 Å². The number of carbonyl (C=O) groups is 2. The van der Waals surface area contributed by atoms with Crippen LogP contribution in [0.15, 0.2) is 24.3 Å². The normalized spacial score (nSPS) is 21.3. The number of benzene rings is 1. The van der Waals surface area contributed by atoms with Gasteiger partial charge < -0.3 is 15.2 Å². The number of methoxy groups -OCH3 is 1. The lowest BCUT2D eigenvalue weighted by Gasteiger charge is -2.25. The first-order valence-corrected chi connectivity index (χ1v) is 7.67. The van der Waals surface area contributed by atoms with E-state index in [0.717, 1.165) is 24.0 Å². The van der Waals surface area contributed by atoms with Crippen LogP contribution in [0.25, 0.3) is 0 Å². The van der Waals surface area contributed by atoms with Crippen molar-refractivity contribution in [3.63, 3.8) is 0 Å². The van der Waals surface area contributed by atoms with Gasteiger partial charge in [-0.15, -0.1) is 0 Å². The van der Waals surface area contributed by atoms with E-state index in [1.807, 2.05) is 24.3 Å². The highest BCUT2D eigenvalue weighted by atomic mass is 16.5. The molecule has 1 aromatic rings. The molecule has 2 atom stereocenters. The van der Waals surface area contributed by atoms with Crippen molar-refractivity contribution in [3.05, 3.63) is 35.4 Å². The van der Waals surface area contributed by atoms with Crippen LogP contribution in [0.1, 0.15) is 36.8 Å². The Hall–Kier alpha value is -1.88. The molecular formula is C17H23NO4. The van der Waals surface area contributed by atoms with Crippen LogP contribution in [0.5, 0.6) is 0 Å². The summed E-state index contributed by atoms with van der Waals surface area (Å²) in [4.78, 5) is 23.2. The minimum absolute atomic E-state index is 0.0353. The van der Waals surface area contributed by atoms with Crippen LogP contribution in [0, 0.1) is 11.8 Å². The molecule has 1 amide bonds. The van der Waals surface area contributed by atoms with Gasteiger partial charge in [0.25, 0.3) is 0 Å². The summed E-state index contributed by atoms with van der Waals surface area (Å²) in [5, 5.41) is 12.0.